The van der Waals surface area contributed by atoms with Crippen LogP contribution in [0.15, 0.2) is 41.7 Å². The highest BCUT2D eigenvalue weighted by atomic mass is 35.5. The fourth-order valence-corrected chi connectivity index (χ4v) is 2.19. The number of fused-ring (bicyclic) bond motifs is 1. The number of hydrogen-bond donors (Lipinski definition) is 0. The molecule has 0 saturated carbocycles. The minimum Gasteiger partial charge on any atom is -0.494 e. The van der Waals surface area contributed by atoms with E-state index in [9.17, 15) is 18.4 Å². The average molecular weight is 371 g/mol. The van der Waals surface area contributed by atoms with E-state index in [0.29, 0.717) is 22.4 Å². The fourth-order valence-electron chi connectivity index (χ4n) is 2.10. The summed E-state index contributed by atoms with van der Waals surface area (Å²) in [4.78, 5) is 31.5. The molecule has 0 bridgehead atoms. The van der Waals surface area contributed by atoms with Crippen molar-refractivity contribution in [1.82, 2.24) is 0 Å². The van der Waals surface area contributed by atoms with E-state index in [4.69, 9.17) is 16.3 Å². The van der Waals surface area contributed by atoms with Gasteiger partial charge < -0.3 is 4.74 Å². The third kappa shape index (κ3) is 4.67. The molecular weight excluding hydrogens is 358 g/mol. The van der Waals surface area contributed by atoms with Gasteiger partial charge in [0, 0.05) is 0 Å². The largest absolute Gasteiger partial charge is 0.494 e. The second-order valence-electron chi connectivity index (χ2n) is 5.05. The Morgan fingerprint density at radius 2 is 1.88 bits per heavy atom. The van der Waals surface area contributed by atoms with Gasteiger partial charge in [0.15, 0.2) is 16.9 Å². The van der Waals surface area contributed by atoms with Gasteiger partial charge in [-0.05, 0) is 35.4 Å². The first kappa shape index (κ1) is 18.7. The molecule has 0 spiro atoms. The molecule has 0 aliphatic carbocycles. The van der Waals surface area contributed by atoms with Crippen molar-refractivity contribution in [3.05, 3.63) is 53.1 Å². The molecule has 0 heterocycles. The Hall–Kier alpha value is -2.67. The van der Waals surface area contributed by atoms with Gasteiger partial charge in [-0.15, -0.1) is 0 Å². The molecule has 8 heteroatoms. The summed E-state index contributed by atoms with van der Waals surface area (Å²) < 4.78 is 30.9. The molecule has 132 valence electrons. The lowest BCUT2D eigenvalue weighted by Crippen LogP contribution is -2.15. The zero-order valence-corrected chi connectivity index (χ0v) is 14.0. The van der Waals surface area contributed by atoms with E-state index >= 15 is 0 Å². The Labute approximate surface area is 146 Å². The third-order valence-corrected chi connectivity index (χ3v) is 3.53. The van der Waals surface area contributed by atoms with E-state index in [1.54, 1.807) is 18.2 Å². The maximum atomic E-state index is 13.7. The van der Waals surface area contributed by atoms with Crippen molar-refractivity contribution >= 4 is 34.3 Å². The molecule has 25 heavy (non-hydrogen) atoms. The second-order valence-corrected chi connectivity index (χ2v) is 5.41. The molecular formula is C17H13ClF2O5. The third-order valence-electron chi connectivity index (χ3n) is 3.42. The van der Waals surface area contributed by atoms with Crippen molar-refractivity contribution in [2.45, 2.75) is 12.8 Å². The number of rotatable bonds is 4. The molecule has 0 aliphatic heterocycles. The lowest BCUT2D eigenvalue weighted by molar-refractivity contribution is -0.255. The van der Waals surface area contributed by atoms with Crippen molar-refractivity contribution in [1.29, 1.82) is 0 Å². The number of methoxy groups -OCH3 is 1. The highest BCUT2D eigenvalue weighted by molar-refractivity contribution is 6.29. The standard InChI is InChI=1S/C17H13ClF2O5/c1-9(17(22)25-24-16(21)8-15(18)20)10-3-4-11-6-13(19)14(23-2)7-12(11)5-10/h3-9H,1-2H3/b15-8+. The molecule has 1 atom stereocenters. The van der Waals surface area contributed by atoms with E-state index in [2.05, 4.69) is 9.78 Å². The van der Waals surface area contributed by atoms with Crippen LogP contribution in [0.25, 0.3) is 10.8 Å². The molecule has 5 nitrogen and oxygen atoms in total. The van der Waals surface area contributed by atoms with Gasteiger partial charge in [-0.1, -0.05) is 29.8 Å². The summed E-state index contributed by atoms with van der Waals surface area (Å²) in [6, 6.07) is 7.72. The minimum atomic E-state index is -1.30. The number of hydrogen-bond acceptors (Lipinski definition) is 5. The predicted molar refractivity (Wildman–Crippen MR) is 86.1 cm³/mol. The van der Waals surface area contributed by atoms with E-state index < -0.39 is 29.0 Å². The summed E-state index contributed by atoms with van der Waals surface area (Å²) in [5.41, 5.74) is 0.543. The van der Waals surface area contributed by atoms with Crippen LogP contribution in [0.4, 0.5) is 8.78 Å². The van der Waals surface area contributed by atoms with Gasteiger partial charge in [-0.25, -0.2) is 23.8 Å². The topological polar surface area (TPSA) is 61.8 Å². The number of halogens is 3. The lowest BCUT2D eigenvalue weighted by Gasteiger charge is -2.11. The number of ether oxygens (including phenoxy) is 1. The molecule has 0 fully saturated rings. The van der Waals surface area contributed by atoms with E-state index in [1.807, 2.05) is 0 Å². The second kappa shape index (κ2) is 7.94. The molecule has 0 aromatic heterocycles. The zero-order chi connectivity index (χ0) is 18.6. The van der Waals surface area contributed by atoms with Crippen LogP contribution in [-0.4, -0.2) is 19.0 Å². The van der Waals surface area contributed by atoms with Crippen molar-refractivity contribution in [2.75, 3.05) is 7.11 Å². The summed E-state index contributed by atoms with van der Waals surface area (Å²) >= 11 is 4.85. The van der Waals surface area contributed by atoms with Crippen molar-refractivity contribution < 1.29 is 32.9 Å². The Kier molecular flexibility index (Phi) is 5.93. The van der Waals surface area contributed by atoms with Crippen LogP contribution in [0.3, 0.4) is 0 Å². The normalized spacial score (nSPS) is 12.6. The minimum absolute atomic E-state index is 0.0729. The van der Waals surface area contributed by atoms with Crippen LogP contribution in [-0.2, 0) is 19.4 Å². The monoisotopic (exact) mass is 370 g/mol. The van der Waals surface area contributed by atoms with Gasteiger partial charge >= 0.3 is 11.9 Å². The quantitative estimate of drug-likeness (QED) is 0.460. The van der Waals surface area contributed by atoms with Crippen LogP contribution in [0, 0.1) is 5.82 Å². The van der Waals surface area contributed by atoms with E-state index in [-0.39, 0.29) is 5.75 Å². The summed E-state index contributed by atoms with van der Waals surface area (Å²) in [6.07, 6.45) is 0.316. The first-order chi connectivity index (χ1) is 11.8. The maximum Gasteiger partial charge on any atom is 0.383 e. The average Bonchev–Trinajstić information content (AvgIpc) is 2.57. The number of carbonyl (C=O) groups is 2. The SMILES string of the molecule is COc1cc2cc(C(C)C(=O)OOC(=O)/C=C(/F)Cl)ccc2cc1F. The van der Waals surface area contributed by atoms with Crippen LogP contribution >= 0.6 is 11.6 Å². The smallest absolute Gasteiger partial charge is 0.383 e. The van der Waals surface area contributed by atoms with Gasteiger partial charge in [-0.3, -0.25) is 0 Å². The summed E-state index contributed by atoms with van der Waals surface area (Å²) in [5, 5.41) is -0.0267. The molecule has 0 saturated heterocycles. The molecule has 2 aromatic carbocycles. The van der Waals surface area contributed by atoms with Crippen LogP contribution in [0.1, 0.15) is 18.4 Å². The first-order valence-electron chi connectivity index (χ1n) is 7.04. The maximum absolute atomic E-state index is 13.7. The zero-order valence-electron chi connectivity index (χ0n) is 13.2. The van der Waals surface area contributed by atoms with Crippen molar-refractivity contribution in [2.24, 2.45) is 0 Å². The predicted octanol–water partition coefficient (Wildman–Crippen LogP) is 4.14. The number of carbonyl (C=O) groups excluding carboxylic acids is 2. The van der Waals surface area contributed by atoms with Crippen LogP contribution < -0.4 is 4.74 Å². The van der Waals surface area contributed by atoms with E-state index in [0.717, 1.165) is 0 Å². The van der Waals surface area contributed by atoms with Crippen molar-refractivity contribution in [3.8, 4) is 5.75 Å². The van der Waals surface area contributed by atoms with Gasteiger partial charge in [0.1, 0.15) is 0 Å². The number of benzene rings is 2. The molecule has 1 unspecified atom stereocenters. The Balaban J connectivity index is 2.16. The molecule has 0 N–H and O–H groups in total. The van der Waals surface area contributed by atoms with Crippen molar-refractivity contribution in [3.63, 3.8) is 0 Å². The first-order valence-corrected chi connectivity index (χ1v) is 7.42. The lowest BCUT2D eigenvalue weighted by atomic mass is 9.98. The highest BCUT2D eigenvalue weighted by Crippen LogP contribution is 2.28. The van der Waals surface area contributed by atoms with Gasteiger partial charge in [0.05, 0.1) is 19.1 Å². The van der Waals surface area contributed by atoms with E-state index in [1.165, 1.54) is 26.2 Å². The summed E-state index contributed by atoms with van der Waals surface area (Å²) in [6.45, 7) is 1.52. The van der Waals surface area contributed by atoms with Crippen LogP contribution in [0.5, 0.6) is 5.75 Å². The molecule has 0 aliphatic rings. The molecule has 2 rings (SSSR count). The van der Waals surface area contributed by atoms with Crippen LogP contribution in [0.2, 0.25) is 0 Å². The highest BCUT2D eigenvalue weighted by Gasteiger charge is 2.20. The Bertz CT molecular complexity index is 846. The van der Waals surface area contributed by atoms with Gasteiger partial charge in [0.25, 0.3) is 0 Å². The fraction of sp³-hybridized carbons (Fsp3) is 0.176. The Morgan fingerprint density at radius 3 is 2.52 bits per heavy atom. The molecule has 0 amide bonds. The summed E-state index contributed by atoms with van der Waals surface area (Å²) in [7, 11) is 1.35. The van der Waals surface area contributed by atoms with Gasteiger partial charge in [0.2, 0.25) is 0 Å². The molecule has 0 radical (unpaired) electrons. The Morgan fingerprint density at radius 1 is 1.16 bits per heavy atom. The molecule has 2 aromatic rings. The van der Waals surface area contributed by atoms with Gasteiger partial charge in [-0.2, -0.15) is 4.39 Å². The summed E-state index contributed by atoms with van der Waals surface area (Å²) in [5.74, 6) is -3.35.